The molecular formula is C23H31NO5. The Labute approximate surface area is 171 Å². The summed E-state index contributed by atoms with van der Waals surface area (Å²) in [4.78, 5) is 12.2. The molecule has 0 bridgehead atoms. The van der Waals surface area contributed by atoms with Crippen LogP contribution in [0, 0.1) is 22.7 Å². The molecule has 5 rings (SSSR count). The Morgan fingerprint density at radius 2 is 1.90 bits per heavy atom. The second-order valence-electron chi connectivity index (χ2n) is 10.6. The van der Waals surface area contributed by atoms with Crippen LogP contribution in [0.4, 0.5) is 0 Å². The van der Waals surface area contributed by atoms with Crippen molar-refractivity contribution in [2.75, 3.05) is 0 Å². The molecule has 2 saturated carbocycles. The maximum Gasteiger partial charge on any atom is 0.252 e. The van der Waals surface area contributed by atoms with Crippen LogP contribution in [0.3, 0.4) is 0 Å². The first-order valence-corrected chi connectivity index (χ1v) is 10.7. The number of aliphatic hydroxyl groups excluding tert-OH is 2. The number of rotatable bonds is 0. The molecule has 2 heterocycles. The summed E-state index contributed by atoms with van der Waals surface area (Å²) in [7, 11) is 0. The lowest BCUT2D eigenvalue weighted by molar-refractivity contribution is -0.240. The van der Waals surface area contributed by atoms with Gasteiger partial charge in [-0.05, 0) is 42.6 Å². The van der Waals surface area contributed by atoms with Gasteiger partial charge in [0.05, 0.1) is 17.8 Å². The molecule has 0 unspecified atom stereocenters. The third-order valence-corrected chi connectivity index (χ3v) is 8.94. The van der Waals surface area contributed by atoms with Crippen molar-refractivity contribution in [2.24, 2.45) is 22.7 Å². The second-order valence-corrected chi connectivity index (χ2v) is 10.6. The lowest BCUT2D eigenvalue weighted by Gasteiger charge is -2.64. The first-order chi connectivity index (χ1) is 13.5. The lowest BCUT2D eigenvalue weighted by Crippen LogP contribution is -2.69. The van der Waals surface area contributed by atoms with Crippen molar-refractivity contribution in [1.29, 1.82) is 0 Å². The molecule has 0 saturated heterocycles. The van der Waals surface area contributed by atoms with Crippen molar-refractivity contribution in [3.05, 3.63) is 22.8 Å². The summed E-state index contributed by atoms with van der Waals surface area (Å²) in [5.41, 5.74) is 0.679. The van der Waals surface area contributed by atoms with Crippen LogP contribution in [0.2, 0.25) is 0 Å². The molecule has 1 amide bonds. The van der Waals surface area contributed by atoms with E-state index < -0.39 is 23.2 Å². The number of ether oxygens (including phenoxy) is 1. The predicted octanol–water partition coefficient (Wildman–Crippen LogP) is 2.51. The zero-order valence-corrected chi connectivity index (χ0v) is 17.6. The van der Waals surface area contributed by atoms with Crippen LogP contribution in [0.15, 0.2) is 6.07 Å². The zero-order chi connectivity index (χ0) is 20.9. The highest BCUT2D eigenvalue weighted by atomic mass is 16.5. The van der Waals surface area contributed by atoms with Crippen molar-refractivity contribution in [3.8, 4) is 11.5 Å². The second kappa shape index (κ2) is 5.67. The summed E-state index contributed by atoms with van der Waals surface area (Å²) in [6, 6.07) is 1.57. The number of fused-ring (bicyclic) bond motifs is 5. The molecule has 2 aliphatic heterocycles. The normalized spacial score (nSPS) is 42.1. The lowest BCUT2D eigenvalue weighted by atomic mass is 9.43. The van der Waals surface area contributed by atoms with Gasteiger partial charge >= 0.3 is 0 Å². The Bertz CT molecular complexity index is 911. The van der Waals surface area contributed by atoms with Crippen molar-refractivity contribution < 1.29 is 24.9 Å². The van der Waals surface area contributed by atoms with Crippen molar-refractivity contribution in [3.63, 3.8) is 0 Å². The summed E-state index contributed by atoms with van der Waals surface area (Å²) < 4.78 is 6.82. The predicted molar refractivity (Wildman–Crippen MR) is 107 cm³/mol. The van der Waals surface area contributed by atoms with Crippen LogP contribution >= 0.6 is 0 Å². The van der Waals surface area contributed by atoms with Crippen LogP contribution in [-0.4, -0.2) is 39.0 Å². The maximum atomic E-state index is 12.2. The van der Waals surface area contributed by atoms with E-state index in [-0.39, 0.29) is 28.9 Å². The first kappa shape index (κ1) is 19.2. The molecule has 158 valence electrons. The molecule has 1 aromatic rings. The molecule has 0 radical (unpaired) electrons. The van der Waals surface area contributed by atoms with Crippen molar-refractivity contribution in [2.45, 2.75) is 77.7 Å². The Balaban J connectivity index is 1.66. The Morgan fingerprint density at radius 3 is 2.62 bits per heavy atom. The number of hydrogen-bond acceptors (Lipinski definition) is 5. The van der Waals surface area contributed by atoms with Gasteiger partial charge in [0.1, 0.15) is 17.1 Å². The van der Waals surface area contributed by atoms with Crippen molar-refractivity contribution in [1.82, 2.24) is 5.32 Å². The number of nitrogens with one attached hydrogen (secondary N) is 1. The monoisotopic (exact) mass is 401 g/mol. The number of carbonyl (C=O) groups excluding carboxylic acids is 1. The van der Waals surface area contributed by atoms with Gasteiger partial charge in [-0.2, -0.15) is 0 Å². The smallest absolute Gasteiger partial charge is 0.252 e. The highest BCUT2D eigenvalue weighted by Crippen LogP contribution is 2.67. The van der Waals surface area contributed by atoms with E-state index in [4.69, 9.17) is 4.74 Å². The minimum absolute atomic E-state index is 0.112. The van der Waals surface area contributed by atoms with E-state index >= 15 is 0 Å². The van der Waals surface area contributed by atoms with Crippen LogP contribution in [-0.2, 0) is 13.0 Å². The number of carbonyl (C=O) groups is 1. The third-order valence-electron chi connectivity index (χ3n) is 8.94. The molecule has 2 fully saturated rings. The molecule has 4 aliphatic rings. The number of benzene rings is 1. The van der Waals surface area contributed by atoms with Gasteiger partial charge in [-0.3, -0.25) is 4.79 Å². The maximum absolute atomic E-state index is 12.2. The number of hydrogen-bond donors (Lipinski definition) is 4. The average Bonchev–Trinajstić information content (AvgIpc) is 3.22. The molecule has 1 aromatic carbocycles. The van der Waals surface area contributed by atoms with E-state index in [1.807, 2.05) is 13.8 Å². The van der Waals surface area contributed by atoms with Gasteiger partial charge in [-0.25, -0.2) is 0 Å². The van der Waals surface area contributed by atoms with Gasteiger partial charge in [0.2, 0.25) is 0 Å². The fourth-order valence-electron chi connectivity index (χ4n) is 7.32. The molecular weight excluding hydrogens is 370 g/mol. The Hall–Kier alpha value is -1.79. The van der Waals surface area contributed by atoms with Gasteiger partial charge in [0, 0.05) is 29.5 Å². The minimum atomic E-state index is -0.816. The summed E-state index contributed by atoms with van der Waals surface area (Å²) >= 11 is 0. The van der Waals surface area contributed by atoms with Gasteiger partial charge in [-0.15, -0.1) is 0 Å². The van der Waals surface area contributed by atoms with E-state index in [1.54, 1.807) is 6.07 Å². The summed E-state index contributed by atoms with van der Waals surface area (Å²) in [5, 5.41) is 35.1. The standard InChI is InChI=1S/C23H31NO5/c1-11-5-6-17-21(2,3)19(27)16(26)9-22(17,4)23(11)8-13-15(25)7-12-14(18(13)29-23)10-24-20(12)28/h7,11,16-17,19,25-27H,5-6,8-10H2,1-4H3,(H,24,28)/t11-,16+,17+,19-,22+,23-/m1/s1. The van der Waals surface area contributed by atoms with E-state index in [0.29, 0.717) is 30.7 Å². The number of aromatic hydroxyl groups is 1. The average molecular weight is 402 g/mol. The molecule has 0 aromatic heterocycles. The van der Waals surface area contributed by atoms with Crippen LogP contribution in [0.5, 0.6) is 11.5 Å². The molecule has 2 aliphatic carbocycles. The van der Waals surface area contributed by atoms with Crippen LogP contribution in [0.25, 0.3) is 0 Å². The molecule has 4 N–H and O–H groups in total. The van der Waals surface area contributed by atoms with E-state index in [0.717, 1.165) is 24.0 Å². The van der Waals surface area contributed by atoms with Gasteiger partial charge < -0.3 is 25.4 Å². The van der Waals surface area contributed by atoms with Crippen molar-refractivity contribution >= 4 is 5.91 Å². The molecule has 6 nitrogen and oxygen atoms in total. The van der Waals surface area contributed by atoms with E-state index in [2.05, 4.69) is 19.2 Å². The summed E-state index contributed by atoms with van der Waals surface area (Å²) in [5.74, 6) is 0.968. The zero-order valence-electron chi connectivity index (χ0n) is 17.6. The topological polar surface area (TPSA) is 99.0 Å². The van der Waals surface area contributed by atoms with Gasteiger partial charge in [0.25, 0.3) is 5.91 Å². The first-order valence-electron chi connectivity index (χ1n) is 10.7. The number of phenols is 1. The molecule has 1 spiro atoms. The highest BCUT2D eigenvalue weighted by molar-refractivity contribution is 6.00. The van der Waals surface area contributed by atoms with E-state index in [9.17, 15) is 20.1 Å². The number of aliphatic hydroxyl groups is 2. The van der Waals surface area contributed by atoms with Gasteiger partial charge in [-0.1, -0.05) is 27.7 Å². The summed E-state index contributed by atoms with van der Waals surface area (Å²) in [6.07, 6.45) is 1.36. The van der Waals surface area contributed by atoms with Crippen LogP contribution in [0.1, 0.15) is 68.4 Å². The third kappa shape index (κ3) is 2.17. The minimum Gasteiger partial charge on any atom is -0.508 e. The summed E-state index contributed by atoms with van der Waals surface area (Å²) in [6.45, 7) is 8.89. The Morgan fingerprint density at radius 1 is 1.17 bits per heavy atom. The number of phenolic OH excluding ortho intramolecular Hbond substituents is 1. The molecule has 29 heavy (non-hydrogen) atoms. The molecule has 6 atom stereocenters. The molecule has 6 heteroatoms. The fraction of sp³-hybridized carbons (Fsp3) is 0.696. The number of amides is 1. The van der Waals surface area contributed by atoms with E-state index in [1.165, 1.54) is 0 Å². The quantitative estimate of drug-likeness (QED) is 0.535. The van der Waals surface area contributed by atoms with Crippen LogP contribution < -0.4 is 10.1 Å². The SMILES string of the molecule is C[C@@H]1CC[C@H]2C(C)(C)[C@H](O)[C@@H](O)C[C@]2(C)[C@@]12Cc1c(O)cc3c(c1O2)CNC3=O. The fourth-order valence-corrected chi connectivity index (χ4v) is 7.32. The largest absolute Gasteiger partial charge is 0.508 e. The Kier molecular flexibility index (Phi) is 3.75. The highest BCUT2D eigenvalue weighted by Gasteiger charge is 2.68. The van der Waals surface area contributed by atoms with Gasteiger partial charge in [0.15, 0.2) is 0 Å².